The molecule has 2 unspecified atom stereocenters. The molecule has 0 nitrogen and oxygen atoms in total. The Morgan fingerprint density at radius 3 is 2.33 bits per heavy atom. The molecule has 0 aromatic carbocycles. The van der Waals surface area contributed by atoms with Gasteiger partial charge in [-0.1, -0.05) is 65.7 Å². The van der Waals surface area contributed by atoms with Crippen LogP contribution in [-0.2, 0) is 0 Å². The van der Waals surface area contributed by atoms with E-state index in [-0.39, 0.29) is 0 Å². The zero-order valence-corrected chi connectivity index (χ0v) is 14.9. The van der Waals surface area contributed by atoms with Crippen molar-refractivity contribution in [1.29, 1.82) is 0 Å². The smallest absolute Gasteiger partial charge is 0.0267 e. The standard InChI is InChI=1S/C21H38/c1-4-19-13-14-20-18(10-7-15-21(19,20)3)12-11-17-9-6-5-8-16(17)2/h16-20H,4-15H2,1-3H3/t16-,17?,18?,19-,20-,21+/m0/s1. The van der Waals surface area contributed by atoms with Gasteiger partial charge in [0.25, 0.3) is 0 Å². The molecule has 3 fully saturated rings. The molecule has 0 heteroatoms. The van der Waals surface area contributed by atoms with Crippen LogP contribution in [0.3, 0.4) is 0 Å². The summed E-state index contributed by atoms with van der Waals surface area (Å²) in [5.74, 6) is 5.28. The Kier molecular flexibility index (Phi) is 5.01. The minimum absolute atomic E-state index is 0.718. The molecule has 3 rings (SSSR count). The van der Waals surface area contributed by atoms with Gasteiger partial charge in [-0.15, -0.1) is 0 Å². The highest BCUT2D eigenvalue weighted by Gasteiger charge is 2.49. The third kappa shape index (κ3) is 3.06. The van der Waals surface area contributed by atoms with E-state index in [1.165, 1.54) is 51.4 Å². The van der Waals surface area contributed by atoms with Gasteiger partial charge in [-0.3, -0.25) is 0 Å². The molecular weight excluding hydrogens is 252 g/mol. The van der Waals surface area contributed by atoms with Gasteiger partial charge in [0.2, 0.25) is 0 Å². The van der Waals surface area contributed by atoms with Crippen LogP contribution in [0.25, 0.3) is 0 Å². The molecular formula is C21H38. The van der Waals surface area contributed by atoms with Gasteiger partial charge in [0.1, 0.15) is 0 Å². The van der Waals surface area contributed by atoms with Crippen LogP contribution < -0.4 is 0 Å². The fraction of sp³-hybridized carbons (Fsp3) is 1.00. The van der Waals surface area contributed by atoms with Crippen molar-refractivity contribution in [3.8, 4) is 0 Å². The van der Waals surface area contributed by atoms with Crippen LogP contribution >= 0.6 is 0 Å². The second-order valence-electron chi connectivity index (χ2n) is 9.05. The van der Waals surface area contributed by atoms with Crippen LogP contribution in [0.1, 0.15) is 97.8 Å². The fourth-order valence-corrected chi connectivity index (χ4v) is 6.72. The van der Waals surface area contributed by atoms with Gasteiger partial charge >= 0.3 is 0 Å². The first-order valence-corrected chi connectivity index (χ1v) is 10.1. The van der Waals surface area contributed by atoms with E-state index in [4.69, 9.17) is 0 Å². The van der Waals surface area contributed by atoms with Gasteiger partial charge in [0.15, 0.2) is 0 Å². The van der Waals surface area contributed by atoms with Gasteiger partial charge < -0.3 is 0 Å². The molecule has 0 aliphatic heterocycles. The topological polar surface area (TPSA) is 0 Å². The van der Waals surface area contributed by atoms with E-state index in [9.17, 15) is 0 Å². The largest absolute Gasteiger partial charge is 0.0651 e. The number of rotatable bonds is 4. The summed E-state index contributed by atoms with van der Waals surface area (Å²) in [5, 5.41) is 0. The minimum atomic E-state index is 0.718. The van der Waals surface area contributed by atoms with Crippen molar-refractivity contribution in [1.82, 2.24) is 0 Å². The third-order valence-corrected chi connectivity index (χ3v) is 8.16. The van der Waals surface area contributed by atoms with Gasteiger partial charge in [0.05, 0.1) is 0 Å². The Hall–Kier alpha value is 0. The van der Waals surface area contributed by atoms with Gasteiger partial charge in [-0.05, 0) is 67.1 Å². The van der Waals surface area contributed by atoms with Crippen LogP contribution in [0.2, 0.25) is 0 Å². The second-order valence-corrected chi connectivity index (χ2v) is 9.05. The molecule has 3 saturated carbocycles. The Balaban J connectivity index is 1.58. The van der Waals surface area contributed by atoms with Crippen molar-refractivity contribution < 1.29 is 0 Å². The molecule has 0 bridgehead atoms. The molecule has 3 aliphatic rings. The summed E-state index contributed by atoms with van der Waals surface area (Å²) >= 11 is 0. The Morgan fingerprint density at radius 2 is 1.57 bits per heavy atom. The van der Waals surface area contributed by atoms with E-state index in [2.05, 4.69) is 20.8 Å². The molecule has 21 heavy (non-hydrogen) atoms. The van der Waals surface area contributed by atoms with Crippen molar-refractivity contribution in [2.24, 2.45) is 35.0 Å². The van der Waals surface area contributed by atoms with Crippen molar-refractivity contribution in [2.75, 3.05) is 0 Å². The van der Waals surface area contributed by atoms with Gasteiger partial charge in [-0.2, -0.15) is 0 Å². The zero-order chi connectivity index (χ0) is 14.9. The van der Waals surface area contributed by atoms with E-state index >= 15 is 0 Å². The Bertz CT molecular complexity index is 333. The third-order valence-electron chi connectivity index (χ3n) is 8.16. The number of fused-ring (bicyclic) bond motifs is 1. The van der Waals surface area contributed by atoms with Crippen molar-refractivity contribution in [2.45, 2.75) is 97.8 Å². The highest BCUT2D eigenvalue weighted by Crippen LogP contribution is 2.59. The molecule has 0 saturated heterocycles. The van der Waals surface area contributed by atoms with Crippen molar-refractivity contribution in [3.05, 3.63) is 0 Å². The predicted molar refractivity (Wildman–Crippen MR) is 92.3 cm³/mol. The fourth-order valence-electron chi connectivity index (χ4n) is 6.72. The van der Waals surface area contributed by atoms with E-state index in [0.29, 0.717) is 0 Å². The number of hydrogen-bond acceptors (Lipinski definition) is 0. The highest BCUT2D eigenvalue weighted by atomic mass is 14.5. The SMILES string of the molecule is CC[C@H]1CC[C@H]2C(CCC3CCCC[C@@H]3C)CCC[C@]12C. The zero-order valence-electron chi connectivity index (χ0n) is 14.9. The van der Waals surface area contributed by atoms with E-state index < -0.39 is 0 Å². The van der Waals surface area contributed by atoms with Gasteiger partial charge in [0, 0.05) is 0 Å². The molecule has 6 atom stereocenters. The van der Waals surface area contributed by atoms with Crippen molar-refractivity contribution >= 4 is 0 Å². The molecule has 0 heterocycles. The summed E-state index contributed by atoms with van der Waals surface area (Å²) in [6.07, 6.45) is 18.3. The normalized spacial score (nSPS) is 47.3. The highest BCUT2D eigenvalue weighted by molar-refractivity contribution is 4.99. The van der Waals surface area contributed by atoms with E-state index in [1.807, 2.05) is 0 Å². The molecule has 0 radical (unpaired) electrons. The molecule has 122 valence electrons. The molecule has 0 aromatic heterocycles. The molecule has 0 spiro atoms. The maximum atomic E-state index is 2.66. The maximum Gasteiger partial charge on any atom is -0.0267 e. The summed E-state index contributed by atoms with van der Waals surface area (Å²) in [6.45, 7) is 7.62. The van der Waals surface area contributed by atoms with Crippen LogP contribution in [-0.4, -0.2) is 0 Å². The first-order chi connectivity index (χ1) is 10.1. The van der Waals surface area contributed by atoms with E-state index in [0.717, 1.165) is 35.0 Å². The summed E-state index contributed by atoms with van der Waals surface area (Å²) in [7, 11) is 0. The first kappa shape index (κ1) is 15.9. The lowest BCUT2D eigenvalue weighted by molar-refractivity contribution is 0.0409. The van der Waals surface area contributed by atoms with Crippen molar-refractivity contribution in [3.63, 3.8) is 0 Å². The molecule has 0 aromatic rings. The molecule has 0 N–H and O–H groups in total. The lowest BCUT2D eigenvalue weighted by Gasteiger charge is -2.46. The predicted octanol–water partition coefficient (Wildman–Crippen LogP) is 6.84. The van der Waals surface area contributed by atoms with Crippen LogP contribution in [0.15, 0.2) is 0 Å². The van der Waals surface area contributed by atoms with Crippen LogP contribution in [0.4, 0.5) is 0 Å². The summed E-state index contributed by atoms with van der Waals surface area (Å²) in [6, 6.07) is 0. The van der Waals surface area contributed by atoms with Crippen LogP contribution in [0.5, 0.6) is 0 Å². The Labute approximate surface area is 133 Å². The first-order valence-electron chi connectivity index (χ1n) is 10.1. The maximum absolute atomic E-state index is 2.66. The molecule has 0 amide bonds. The average Bonchev–Trinajstić information content (AvgIpc) is 2.83. The molecule has 3 aliphatic carbocycles. The lowest BCUT2D eigenvalue weighted by Crippen LogP contribution is -2.37. The average molecular weight is 291 g/mol. The van der Waals surface area contributed by atoms with E-state index in [1.54, 1.807) is 25.7 Å². The lowest BCUT2D eigenvalue weighted by atomic mass is 9.59. The number of hydrogen-bond donors (Lipinski definition) is 0. The summed E-state index contributed by atoms with van der Waals surface area (Å²) in [4.78, 5) is 0. The van der Waals surface area contributed by atoms with Crippen LogP contribution in [0, 0.1) is 35.0 Å². The van der Waals surface area contributed by atoms with Gasteiger partial charge in [-0.25, -0.2) is 0 Å². The summed E-state index contributed by atoms with van der Waals surface area (Å²) < 4.78 is 0. The quantitative estimate of drug-likeness (QED) is 0.532. The summed E-state index contributed by atoms with van der Waals surface area (Å²) in [5.41, 5.74) is 0.718. The second kappa shape index (κ2) is 6.63. The minimum Gasteiger partial charge on any atom is -0.0651 e. The Morgan fingerprint density at radius 1 is 0.857 bits per heavy atom. The monoisotopic (exact) mass is 290 g/mol.